The maximum Gasteiger partial charge on any atom is 0.221 e. The molecule has 3 atom stereocenters. The van der Waals surface area contributed by atoms with Crippen LogP contribution in [0.4, 0.5) is 0 Å². The van der Waals surface area contributed by atoms with E-state index in [0.29, 0.717) is 12.3 Å². The fraction of sp³-hybridized carbons (Fsp3) is 0.909. The summed E-state index contributed by atoms with van der Waals surface area (Å²) in [6, 6.07) is -0.0118. The second-order valence-electron chi connectivity index (χ2n) is 4.30. The highest BCUT2D eigenvalue weighted by Crippen LogP contribution is 2.19. The Kier molecular flexibility index (Phi) is 5.05. The highest BCUT2D eigenvalue weighted by molar-refractivity contribution is 5.76. The lowest BCUT2D eigenvalue weighted by Crippen LogP contribution is -2.35. The number of carbonyl (C=O) groups is 1. The van der Waals surface area contributed by atoms with Crippen molar-refractivity contribution in [3.8, 4) is 0 Å². The molecule has 1 saturated heterocycles. The molecule has 0 aliphatic carbocycles. The summed E-state index contributed by atoms with van der Waals surface area (Å²) in [5.74, 6) is 0.523. The first kappa shape index (κ1) is 12.5. The van der Waals surface area contributed by atoms with Gasteiger partial charge in [-0.25, -0.2) is 0 Å². The number of rotatable bonds is 5. The van der Waals surface area contributed by atoms with Crippen LogP contribution in [0.2, 0.25) is 0 Å². The van der Waals surface area contributed by atoms with Crippen LogP contribution in [0.15, 0.2) is 0 Å². The molecule has 1 aliphatic heterocycles. The van der Waals surface area contributed by atoms with Gasteiger partial charge in [0.2, 0.25) is 5.91 Å². The fourth-order valence-electron chi connectivity index (χ4n) is 1.74. The number of ether oxygens (including phenoxy) is 1. The first-order valence-electron chi connectivity index (χ1n) is 5.77. The summed E-state index contributed by atoms with van der Waals surface area (Å²) in [4.78, 5) is 11.4. The van der Waals surface area contributed by atoms with Gasteiger partial charge < -0.3 is 15.8 Å². The zero-order valence-corrected chi connectivity index (χ0v) is 9.66. The minimum Gasteiger partial charge on any atom is -0.378 e. The lowest BCUT2D eigenvalue weighted by Gasteiger charge is -2.15. The van der Waals surface area contributed by atoms with Crippen LogP contribution in [0.3, 0.4) is 0 Å². The molecule has 1 rings (SSSR count). The largest absolute Gasteiger partial charge is 0.378 e. The molecule has 0 aromatic heterocycles. The van der Waals surface area contributed by atoms with Crippen molar-refractivity contribution in [1.82, 2.24) is 5.32 Å². The highest BCUT2D eigenvalue weighted by atomic mass is 16.5. The van der Waals surface area contributed by atoms with Gasteiger partial charge in [0.25, 0.3) is 0 Å². The molecule has 3 unspecified atom stereocenters. The van der Waals surface area contributed by atoms with Gasteiger partial charge >= 0.3 is 0 Å². The van der Waals surface area contributed by atoms with E-state index in [1.165, 1.54) is 0 Å². The summed E-state index contributed by atoms with van der Waals surface area (Å²) in [6.45, 7) is 5.58. The third-order valence-corrected chi connectivity index (χ3v) is 3.07. The molecule has 1 fully saturated rings. The molecule has 0 aromatic rings. The zero-order chi connectivity index (χ0) is 11.3. The minimum absolute atomic E-state index is 0.0118. The predicted molar refractivity (Wildman–Crippen MR) is 59.4 cm³/mol. The number of hydrogen-bond donors (Lipinski definition) is 2. The van der Waals surface area contributed by atoms with Gasteiger partial charge in [-0.2, -0.15) is 0 Å². The Morgan fingerprint density at radius 2 is 2.40 bits per heavy atom. The molecule has 1 aliphatic rings. The normalized spacial score (nSPS) is 27.7. The minimum atomic E-state index is -0.0118. The molecule has 4 heteroatoms. The van der Waals surface area contributed by atoms with E-state index in [9.17, 15) is 4.79 Å². The van der Waals surface area contributed by atoms with Crippen LogP contribution in [-0.2, 0) is 9.53 Å². The summed E-state index contributed by atoms with van der Waals surface area (Å²) in [7, 11) is 0. The van der Waals surface area contributed by atoms with Gasteiger partial charge in [-0.1, -0.05) is 6.92 Å². The molecule has 88 valence electrons. The van der Waals surface area contributed by atoms with Crippen LogP contribution in [0, 0.1) is 5.92 Å². The van der Waals surface area contributed by atoms with E-state index in [1.54, 1.807) is 0 Å². The standard InChI is InChI=1S/C11H22N2O2/c1-3-10(12)6-11(14)13-7-9-4-5-15-8(9)2/h8-10H,3-7,12H2,1-2H3,(H,13,14). The van der Waals surface area contributed by atoms with Gasteiger partial charge in [0, 0.05) is 31.5 Å². The van der Waals surface area contributed by atoms with E-state index in [4.69, 9.17) is 10.5 Å². The van der Waals surface area contributed by atoms with Crippen molar-refractivity contribution in [3.63, 3.8) is 0 Å². The Balaban J connectivity index is 2.16. The lowest BCUT2D eigenvalue weighted by atomic mass is 10.0. The third-order valence-electron chi connectivity index (χ3n) is 3.07. The van der Waals surface area contributed by atoms with Crippen molar-refractivity contribution < 1.29 is 9.53 Å². The quantitative estimate of drug-likeness (QED) is 0.706. The van der Waals surface area contributed by atoms with Gasteiger partial charge in [-0.15, -0.1) is 0 Å². The third kappa shape index (κ3) is 4.18. The van der Waals surface area contributed by atoms with Gasteiger partial charge in [0.05, 0.1) is 6.10 Å². The number of amides is 1. The predicted octanol–water partition coefficient (Wildman–Crippen LogP) is 0.655. The number of hydrogen-bond acceptors (Lipinski definition) is 3. The van der Waals surface area contributed by atoms with Gasteiger partial charge in [-0.3, -0.25) is 4.79 Å². The zero-order valence-electron chi connectivity index (χ0n) is 9.66. The molecule has 15 heavy (non-hydrogen) atoms. The van der Waals surface area contributed by atoms with Crippen molar-refractivity contribution in [3.05, 3.63) is 0 Å². The second-order valence-corrected chi connectivity index (χ2v) is 4.30. The molecule has 0 bridgehead atoms. The maximum atomic E-state index is 11.4. The van der Waals surface area contributed by atoms with Crippen molar-refractivity contribution in [1.29, 1.82) is 0 Å². The lowest BCUT2D eigenvalue weighted by molar-refractivity contribution is -0.121. The molecule has 0 aromatic carbocycles. The molecule has 0 radical (unpaired) electrons. The van der Waals surface area contributed by atoms with Crippen molar-refractivity contribution in [2.75, 3.05) is 13.2 Å². The van der Waals surface area contributed by atoms with E-state index in [0.717, 1.165) is 26.0 Å². The topological polar surface area (TPSA) is 64.4 Å². The van der Waals surface area contributed by atoms with Gasteiger partial charge in [0.1, 0.15) is 0 Å². The van der Waals surface area contributed by atoms with E-state index >= 15 is 0 Å². The molecule has 3 N–H and O–H groups in total. The molecular formula is C11H22N2O2. The molecule has 0 saturated carbocycles. The summed E-state index contributed by atoms with van der Waals surface area (Å²) < 4.78 is 5.42. The molecule has 4 nitrogen and oxygen atoms in total. The fourth-order valence-corrected chi connectivity index (χ4v) is 1.74. The summed E-state index contributed by atoms with van der Waals surface area (Å²) in [5.41, 5.74) is 5.70. The van der Waals surface area contributed by atoms with Gasteiger partial charge in [0.15, 0.2) is 0 Å². The van der Waals surface area contributed by atoms with Crippen LogP contribution >= 0.6 is 0 Å². The number of nitrogens with one attached hydrogen (secondary N) is 1. The van der Waals surface area contributed by atoms with Crippen LogP contribution in [0.5, 0.6) is 0 Å². The Morgan fingerprint density at radius 3 is 2.93 bits per heavy atom. The summed E-state index contributed by atoms with van der Waals surface area (Å²) in [6.07, 6.45) is 2.58. The van der Waals surface area contributed by atoms with Gasteiger partial charge in [-0.05, 0) is 19.8 Å². The number of carbonyl (C=O) groups excluding carboxylic acids is 1. The van der Waals surface area contributed by atoms with Crippen LogP contribution in [0.25, 0.3) is 0 Å². The SMILES string of the molecule is CCC(N)CC(=O)NCC1CCOC1C. The van der Waals surface area contributed by atoms with E-state index in [1.807, 2.05) is 6.92 Å². The molecule has 1 amide bonds. The molecule has 0 spiro atoms. The monoisotopic (exact) mass is 214 g/mol. The smallest absolute Gasteiger partial charge is 0.221 e. The van der Waals surface area contributed by atoms with E-state index < -0.39 is 0 Å². The Hall–Kier alpha value is -0.610. The summed E-state index contributed by atoms with van der Waals surface area (Å²) in [5, 5.41) is 2.92. The van der Waals surface area contributed by atoms with Crippen molar-refractivity contribution in [2.24, 2.45) is 11.7 Å². The van der Waals surface area contributed by atoms with Crippen LogP contribution < -0.4 is 11.1 Å². The van der Waals surface area contributed by atoms with Crippen LogP contribution in [-0.4, -0.2) is 31.2 Å². The van der Waals surface area contributed by atoms with E-state index in [2.05, 4.69) is 12.2 Å². The van der Waals surface area contributed by atoms with Crippen molar-refractivity contribution >= 4 is 5.91 Å². The van der Waals surface area contributed by atoms with E-state index in [-0.39, 0.29) is 18.1 Å². The average Bonchev–Trinajstić information content (AvgIpc) is 2.61. The summed E-state index contributed by atoms with van der Waals surface area (Å²) >= 11 is 0. The first-order chi connectivity index (χ1) is 7.13. The average molecular weight is 214 g/mol. The molecular weight excluding hydrogens is 192 g/mol. The highest BCUT2D eigenvalue weighted by Gasteiger charge is 2.24. The Morgan fingerprint density at radius 1 is 1.67 bits per heavy atom. The first-order valence-corrected chi connectivity index (χ1v) is 5.77. The molecule has 1 heterocycles. The number of nitrogens with two attached hydrogens (primary N) is 1. The Bertz CT molecular complexity index is 209. The Labute approximate surface area is 91.5 Å². The second kappa shape index (κ2) is 6.08. The maximum absolute atomic E-state index is 11.4. The van der Waals surface area contributed by atoms with Crippen LogP contribution in [0.1, 0.15) is 33.1 Å². The van der Waals surface area contributed by atoms with Crippen molar-refractivity contribution in [2.45, 2.75) is 45.3 Å².